The summed E-state index contributed by atoms with van der Waals surface area (Å²) < 4.78 is 12.8. The molecule has 0 saturated heterocycles. The van der Waals surface area contributed by atoms with Gasteiger partial charge in [-0.3, -0.25) is 0 Å². The molecule has 2 atom stereocenters. The Balaban J connectivity index is 2.19. The average Bonchev–Trinajstić information content (AvgIpc) is 2.67. The van der Waals surface area contributed by atoms with Gasteiger partial charge in [0, 0.05) is 11.0 Å². The molecule has 2 unspecified atom stereocenters. The second-order valence-electron chi connectivity index (χ2n) is 7.85. The summed E-state index contributed by atoms with van der Waals surface area (Å²) in [5, 5.41) is 0. The van der Waals surface area contributed by atoms with E-state index in [1.165, 1.54) is 12.0 Å². The van der Waals surface area contributed by atoms with Crippen LogP contribution in [0, 0.1) is 0 Å². The molecule has 1 aromatic rings. The minimum atomic E-state index is -1.88. The molecule has 3 heteroatoms. The maximum absolute atomic E-state index is 6.90. The van der Waals surface area contributed by atoms with E-state index < -0.39 is 8.32 Å². The van der Waals surface area contributed by atoms with Crippen molar-refractivity contribution in [2.45, 2.75) is 70.0 Å². The molecule has 2 aliphatic rings. The summed E-state index contributed by atoms with van der Waals surface area (Å²) in [7, 11) is -1.88. The minimum Gasteiger partial charge on any atom is -0.542 e. The fourth-order valence-corrected chi connectivity index (χ4v) is 10.6. The second-order valence-corrected chi connectivity index (χ2v) is 13.1. The lowest BCUT2D eigenvalue weighted by atomic mass is 9.80. The van der Waals surface area contributed by atoms with Gasteiger partial charge in [0.05, 0.1) is 6.61 Å². The van der Waals surface area contributed by atoms with E-state index >= 15 is 0 Å². The van der Waals surface area contributed by atoms with Crippen LogP contribution in [0.4, 0.5) is 0 Å². The number of rotatable bonds is 2. The molecule has 2 heterocycles. The van der Waals surface area contributed by atoms with Crippen molar-refractivity contribution in [3.63, 3.8) is 0 Å². The Labute approximate surface area is 130 Å². The molecule has 0 saturated carbocycles. The zero-order chi connectivity index (χ0) is 15.4. The summed E-state index contributed by atoms with van der Waals surface area (Å²) in [6.45, 7) is 15.0. The standard InChI is InChI=1S/C18H28O2Si/c1-12(2)21(13(3)4)14(5)10-18(6)11-19-15-8-7-9-16(20-21)17(15)18/h7-9,12-14H,10-11H2,1-6H3. The molecule has 116 valence electrons. The van der Waals surface area contributed by atoms with Gasteiger partial charge in [0.15, 0.2) is 0 Å². The lowest BCUT2D eigenvalue weighted by molar-refractivity contribution is 0.265. The molecule has 21 heavy (non-hydrogen) atoms. The van der Waals surface area contributed by atoms with Crippen LogP contribution in [-0.4, -0.2) is 14.9 Å². The Morgan fingerprint density at radius 3 is 2.38 bits per heavy atom. The lowest BCUT2D eigenvalue weighted by Gasteiger charge is -2.43. The summed E-state index contributed by atoms with van der Waals surface area (Å²) in [5.41, 5.74) is 3.31. The number of ether oxygens (including phenoxy) is 1. The highest BCUT2D eigenvalue weighted by atomic mass is 28.4. The van der Waals surface area contributed by atoms with Crippen molar-refractivity contribution < 1.29 is 9.16 Å². The van der Waals surface area contributed by atoms with Crippen molar-refractivity contribution in [1.29, 1.82) is 0 Å². The Kier molecular flexibility index (Phi) is 3.40. The molecule has 0 radical (unpaired) electrons. The molecule has 0 N–H and O–H groups in total. The first kappa shape index (κ1) is 15.0. The van der Waals surface area contributed by atoms with E-state index in [2.05, 4.69) is 59.7 Å². The Bertz CT molecular complexity index is 544. The van der Waals surface area contributed by atoms with Crippen LogP contribution in [0.3, 0.4) is 0 Å². The van der Waals surface area contributed by atoms with Gasteiger partial charge in [-0.2, -0.15) is 0 Å². The third kappa shape index (κ3) is 1.96. The Morgan fingerprint density at radius 2 is 1.76 bits per heavy atom. The highest BCUT2D eigenvalue weighted by Crippen LogP contribution is 2.56. The first-order valence-electron chi connectivity index (χ1n) is 8.26. The van der Waals surface area contributed by atoms with Crippen molar-refractivity contribution >= 4 is 8.32 Å². The van der Waals surface area contributed by atoms with Crippen molar-refractivity contribution in [3.05, 3.63) is 23.8 Å². The van der Waals surface area contributed by atoms with Gasteiger partial charge in [-0.15, -0.1) is 0 Å². The number of benzene rings is 1. The van der Waals surface area contributed by atoms with Crippen LogP contribution in [0.5, 0.6) is 11.5 Å². The molecule has 0 bridgehead atoms. The maximum atomic E-state index is 6.90. The predicted molar refractivity (Wildman–Crippen MR) is 89.9 cm³/mol. The highest BCUT2D eigenvalue weighted by Gasteiger charge is 2.55. The highest BCUT2D eigenvalue weighted by molar-refractivity contribution is 6.78. The Hall–Kier alpha value is -0.963. The van der Waals surface area contributed by atoms with Crippen LogP contribution in [0.2, 0.25) is 16.6 Å². The van der Waals surface area contributed by atoms with Gasteiger partial charge in [-0.25, -0.2) is 0 Å². The molecular weight excluding hydrogens is 276 g/mol. The van der Waals surface area contributed by atoms with E-state index in [-0.39, 0.29) is 5.41 Å². The summed E-state index contributed by atoms with van der Waals surface area (Å²) >= 11 is 0. The molecule has 0 fully saturated rings. The second kappa shape index (κ2) is 4.77. The van der Waals surface area contributed by atoms with Crippen molar-refractivity contribution in [3.8, 4) is 11.5 Å². The first-order valence-corrected chi connectivity index (χ1v) is 10.4. The largest absolute Gasteiger partial charge is 0.542 e. The van der Waals surface area contributed by atoms with Gasteiger partial charge in [0.2, 0.25) is 0 Å². The normalized spacial score (nSPS) is 29.8. The molecule has 2 nitrogen and oxygen atoms in total. The van der Waals surface area contributed by atoms with Crippen molar-refractivity contribution in [2.24, 2.45) is 0 Å². The predicted octanol–water partition coefficient (Wildman–Crippen LogP) is 5.27. The molecule has 0 aromatic heterocycles. The third-order valence-electron chi connectivity index (χ3n) is 5.76. The van der Waals surface area contributed by atoms with Gasteiger partial charge < -0.3 is 9.16 Å². The summed E-state index contributed by atoms with van der Waals surface area (Å²) in [6.07, 6.45) is 1.18. The number of hydrogen-bond acceptors (Lipinski definition) is 2. The SMILES string of the molecule is CC(C)[Si]1(C(C)C)Oc2cccc3c2C(C)(CO3)CC1C. The van der Waals surface area contributed by atoms with Crippen LogP contribution in [0.25, 0.3) is 0 Å². The fraction of sp³-hybridized carbons (Fsp3) is 0.667. The van der Waals surface area contributed by atoms with E-state index in [0.717, 1.165) is 18.1 Å². The zero-order valence-electron chi connectivity index (χ0n) is 14.2. The molecule has 2 aliphatic heterocycles. The van der Waals surface area contributed by atoms with Crippen LogP contribution < -0.4 is 9.16 Å². The first-order chi connectivity index (χ1) is 9.81. The lowest BCUT2D eigenvalue weighted by Crippen LogP contribution is -2.51. The van der Waals surface area contributed by atoms with Crippen LogP contribution >= 0.6 is 0 Å². The van der Waals surface area contributed by atoms with Gasteiger partial charge in [-0.1, -0.05) is 47.6 Å². The topological polar surface area (TPSA) is 18.5 Å². The summed E-state index contributed by atoms with van der Waals surface area (Å²) in [6, 6.07) is 6.34. The average molecular weight is 305 g/mol. The molecule has 0 spiro atoms. The van der Waals surface area contributed by atoms with E-state index in [9.17, 15) is 0 Å². The Morgan fingerprint density at radius 1 is 1.14 bits per heavy atom. The van der Waals surface area contributed by atoms with Crippen LogP contribution in [0.15, 0.2) is 18.2 Å². The van der Waals surface area contributed by atoms with Crippen LogP contribution in [-0.2, 0) is 5.41 Å². The molecule has 3 rings (SSSR count). The van der Waals surface area contributed by atoms with Crippen molar-refractivity contribution in [1.82, 2.24) is 0 Å². The molecule has 0 amide bonds. The fourth-order valence-electron chi connectivity index (χ4n) is 4.95. The van der Waals surface area contributed by atoms with E-state index in [1.54, 1.807) is 0 Å². The smallest absolute Gasteiger partial charge is 0.259 e. The molecular formula is C18H28O2Si. The molecule has 1 aromatic carbocycles. The van der Waals surface area contributed by atoms with Gasteiger partial charge in [-0.05, 0) is 35.2 Å². The monoisotopic (exact) mass is 304 g/mol. The third-order valence-corrected chi connectivity index (χ3v) is 11.7. The number of hydrogen-bond donors (Lipinski definition) is 0. The van der Waals surface area contributed by atoms with E-state index in [0.29, 0.717) is 16.6 Å². The van der Waals surface area contributed by atoms with Gasteiger partial charge in [0.1, 0.15) is 11.5 Å². The zero-order valence-corrected chi connectivity index (χ0v) is 15.2. The summed E-state index contributed by atoms with van der Waals surface area (Å²) in [4.78, 5) is 0. The van der Waals surface area contributed by atoms with Crippen LogP contribution in [0.1, 0.15) is 53.5 Å². The molecule has 0 aliphatic carbocycles. The van der Waals surface area contributed by atoms with Crippen molar-refractivity contribution in [2.75, 3.05) is 6.61 Å². The van der Waals surface area contributed by atoms with E-state index in [1.807, 2.05) is 0 Å². The quantitative estimate of drug-likeness (QED) is 0.692. The van der Waals surface area contributed by atoms with E-state index in [4.69, 9.17) is 9.16 Å². The minimum absolute atomic E-state index is 0.115. The van der Waals surface area contributed by atoms with Gasteiger partial charge in [0.25, 0.3) is 8.32 Å². The van der Waals surface area contributed by atoms with Gasteiger partial charge >= 0.3 is 0 Å². The maximum Gasteiger partial charge on any atom is 0.259 e. The summed E-state index contributed by atoms with van der Waals surface area (Å²) in [5.74, 6) is 2.14.